The fraction of sp³-hybridized carbons (Fsp3) is 0. The molecule has 0 aromatic carbocycles. The molecule has 2 aromatic rings. The molecule has 0 fully saturated rings. The van der Waals surface area contributed by atoms with Crippen molar-refractivity contribution in [2.24, 2.45) is 0 Å². The summed E-state index contributed by atoms with van der Waals surface area (Å²) in [5.74, 6) is -0.974. The number of carboxylic acid groups (broad SMARTS) is 1. The van der Waals surface area contributed by atoms with Crippen LogP contribution in [-0.2, 0) is 0 Å². The molecule has 0 aliphatic heterocycles. The Morgan fingerprint density at radius 3 is 2.81 bits per heavy atom. The Hall–Kier alpha value is -2.43. The first kappa shape index (κ1) is 10.1. The van der Waals surface area contributed by atoms with Crippen LogP contribution in [0.3, 0.4) is 0 Å². The van der Waals surface area contributed by atoms with Gasteiger partial charge in [-0.25, -0.2) is 4.79 Å². The molecule has 1 N–H and O–H groups in total. The molecule has 0 bridgehead atoms. The van der Waals surface area contributed by atoms with E-state index in [2.05, 4.69) is 4.98 Å². The Bertz CT molecular complexity index is 544. The third-order valence-electron chi connectivity index (χ3n) is 2.06. The highest BCUT2D eigenvalue weighted by atomic mass is 16.4. The minimum absolute atomic E-state index is 0.163. The second-order valence-electron chi connectivity index (χ2n) is 3.05. The van der Waals surface area contributed by atoms with Gasteiger partial charge in [0.2, 0.25) is 5.76 Å². The molecule has 16 heavy (non-hydrogen) atoms. The van der Waals surface area contributed by atoms with E-state index in [1.54, 1.807) is 6.07 Å². The summed E-state index contributed by atoms with van der Waals surface area (Å²) in [6.45, 7) is 0. The lowest BCUT2D eigenvalue weighted by Gasteiger charge is -1.98. The molecule has 2 heterocycles. The maximum atomic E-state index is 10.7. The number of carbonyl (C=O) groups excluding carboxylic acids is 1. The van der Waals surface area contributed by atoms with Gasteiger partial charge in [0.1, 0.15) is 5.76 Å². The predicted molar refractivity (Wildman–Crippen MR) is 54.3 cm³/mol. The zero-order valence-electron chi connectivity index (χ0n) is 8.08. The SMILES string of the molecule is O=Cc1cnccc1-c1ccc(C(=O)O)o1. The summed E-state index contributed by atoms with van der Waals surface area (Å²) in [5.41, 5.74) is 0.881. The van der Waals surface area contributed by atoms with Gasteiger partial charge < -0.3 is 9.52 Å². The van der Waals surface area contributed by atoms with Crippen molar-refractivity contribution in [1.82, 2.24) is 4.98 Å². The standard InChI is InChI=1S/C11H7NO4/c13-6-7-5-12-4-3-8(7)9-1-2-10(16-9)11(14)15/h1-6H,(H,14,15). The second kappa shape index (κ2) is 3.98. The van der Waals surface area contributed by atoms with Gasteiger partial charge in [0.25, 0.3) is 0 Å². The molecule has 0 aliphatic rings. The number of aromatic carboxylic acids is 1. The van der Waals surface area contributed by atoms with Gasteiger partial charge in [0.15, 0.2) is 6.29 Å². The van der Waals surface area contributed by atoms with Crippen molar-refractivity contribution < 1.29 is 19.1 Å². The van der Waals surface area contributed by atoms with Crippen LogP contribution in [0.1, 0.15) is 20.9 Å². The summed E-state index contributed by atoms with van der Waals surface area (Å²) in [6, 6.07) is 4.44. The maximum Gasteiger partial charge on any atom is 0.371 e. The van der Waals surface area contributed by atoms with Crippen LogP contribution in [0, 0.1) is 0 Å². The molecule has 0 amide bonds. The number of furan rings is 1. The Morgan fingerprint density at radius 1 is 1.38 bits per heavy atom. The van der Waals surface area contributed by atoms with Crippen molar-refractivity contribution in [3.8, 4) is 11.3 Å². The van der Waals surface area contributed by atoms with E-state index in [1.165, 1.54) is 24.5 Å². The van der Waals surface area contributed by atoms with Crippen molar-refractivity contribution in [3.05, 3.63) is 41.9 Å². The molecule has 0 atom stereocenters. The Morgan fingerprint density at radius 2 is 2.19 bits per heavy atom. The van der Waals surface area contributed by atoms with Crippen molar-refractivity contribution in [3.63, 3.8) is 0 Å². The molecular formula is C11H7NO4. The summed E-state index contributed by atoms with van der Waals surface area (Å²) in [6.07, 6.45) is 3.54. The summed E-state index contributed by atoms with van der Waals surface area (Å²) in [5, 5.41) is 8.70. The molecule has 5 nitrogen and oxygen atoms in total. The van der Waals surface area contributed by atoms with E-state index in [0.29, 0.717) is 23.2 Å². The molecule has 0 unspecified atom stereocenters. The van der Waals surface area contributed by atoms with E-state index >= 15 is 0 Å². The van der Waals surface area contributed by atoms with Gasteiger partial charge in [-0.2, -0.15) is 0 Å². The third kappa shape index (κ3) is 1.70. The van der Waals surface area contributed by atoms with Crippen LogP contribution in [0.2, 0.25) is 0 Å². The predicted octanol–water partition coefficient (Wildman–Crippen LogP) is 1.85. The lowest BCUT2D eigenvalue weighted by molar-refractivity contribution is 0.0663. The quantitative estimate of drug-likeness (QED) is 0.793. The van der Waals surface area contributed by atoms with Crippen LogP contribution < -0.4 is 0 Å². The zero-order valence-corrected chi connectivity index (χ0v) is 8.08. The number of carboxylic acids is 1. The summed E-state index contributed by atoms with van der Waals surface area (Å²) in [4.78, 5) is 25.2. The van der Waals surface area contributed by atoms with Crippen LogP contribution in [0.5, 0.6) is 0 Å². The molecule has 2 rings (SSSR count). The molecule has 2 aromatic heterocycles. The highest BCUT2D eigenvalue weighted by Gasteiger charge is 2.12. The highest BCUT2D eigenvalue weighted by molar-refractivity contribution is 5.88. The molecule has 0 saturated heterocycles. The smallest absolute Gasteiger partial charge is 0.371 e. The Labute approximate surface area is 90.3 Å². The molecule has 0 aliphatic carbocycles. The average molecular weight is 217 g/mol. The molecule has 0 spiro atoms. The van der Waals surface area contributed by atoms with Gasteiger partial charge in [0, 0.05) is 23.5 Å². The molecule has 0 saturated carbocycles. The normalized spacial score (nSPS) is 10.0. The first-order chi connectivity index (χ1) is 7.72. The van der Waals surface area contributed by atoms with Gasteiger partial charge >= 0.3 is 5.97 Å². The maximum absolute atomic E-state index is 10.7. The second-order valence-corrected chi connectivity index (χ2v) is 3.05. The summed E-state index contributed by atoms with van der Waals surface area (Å²) in [7, 11) is 0. The lowest BCUT2D eigenvalue weighted by atomic mass is 10.1. The Balaban J connectivity index is 2.50. The Kier molecular flexibility index (Phi) is 2.51. The van der Waals surface area contributed by atoms with Gasteiger partial charge in [-0.1, -0.05) is 0 Å². The molecule has 0 radical (unpaired) electrons. The van der Waals surface area contributed by atoms with Crippen LogP contribution in [-0.4, -0.2) is 22.3 Å². The average Bonchev–Trinajstić information content (AvgIpc) is 2.78. The van der Waals surface area contributed by atoms with Gasteiger partial charge in [0.05, 0.1) is 0 Å². The van der Waals surface area contributed by atoms with E-state index in [1.807, 2.05) is 0 Å². The van der Waals surface area contributed by atoms with Gasteiger partial charge in [-0.3, -0.25) is 9.78 Å². The number of hydrogen-bond acceptors (Lipinski definition) is 4. The van der Waals surface area contributed by atoms with E-state index < -0.39 is 5.97 Å². The molecule has 80 valence electrons. The van der Waals surface area contributed by atoms with Crippen LogP contribution in [0.25, 0.3) is 11.3 Å². The number of aldehydes is 1. The topological polar surface area (TPSA) is 80.4 Å². The van der Waals surface area contributed by atoms with Crippen LogP contribution in [0.4, 0.5) is 0 Å². The zero-order chi connectivity index (χ0) is 11.5. The van der Waals surface area contributed by atoms with E-state index in [9.17, 15) is 9.59 Å². The summed E-state index contributed by atoms with van der Waals surface area (Å²) < 4.78 is 5.09. The fourth-order valence-electron chi connectivity index (χ4n) is 1.32. The number of rotatable bonds is 3. The van der Waals surface area contributed by atoms with E-state index in [-0.39, 0.29) is 5.76 Å². The van der Waals surface area contributed by atoms with Crippen molar-refractivity contribution in [2.75, 3.05) is 0 Å². The number of carbonyl (C=O) groups is 2. The van der Waals surface area contributed by atoms with Crippen molar-refractivity contribution >= 4 is 12.3 Å². The highest BCUT2D eigenvalue weighted by Crippen LogP contribution is 2.24. The number of aromatic nitrogens is 1. The van der Waals surface area contributed by atoms with Crippen molar-refractivity contribution in [2.45, 2.75) is 0 Å². The number of hydrogen-bond donors (Lipinski definition) is 1. The first-order valence-corrected chi connectivity index (χ1v) is 4.45. The largest absolute Gasteiger partial charge is 0.475 e. The third-order valence-corrected chi connectivity index (χ3v) is 2.06. The minimum atomic E-state index is -1.15. The number of pyridine rings is 1. The van der Waals surface area contributed by atoms with E-state index in [4.69, 9.17) is 9.52 Å². The van der Waals surface area contributed by atoms with Crippen LogP contribution >= 0.6 is 0 Å². The monoisotopic (exact) mass is 217 g/mol. The number of nitrogens with zero attached hydrogens (tertiary/aromatic N) is 1. The van der Waals surface area contributed by atoms with Gasteiger partial charge in [-0.05, 0) is 18.2 Å². The molecular weight excluding hydrogens is 210 g/mol. The fourth-order valence-corrected chi connectivity index (χ4v) is 1.32. The van der Waals surface area contributed by atoms with Gasteiger partial charge in [-0.15, -0.1) is 0 Å². The van der Waals surface area contributed by atoms with Crippen molar-refractivity contribution in [1.29, 1.82) is 0 Å². The van der Waals surface area contributed by atoms with E-state index in [0.717, 1.165) is 0 Å². The first-order valence-electron chi connectivity index (χ1n) is 4.45. The minimum Gasteiger partial charge on any atom is -0.475 e. The molecule has 5 heteroatoms. The lowest BCUT2D eigenvalue weighted by Crippen LogP contribution is -1.92. The van der Waals surface area contributed by atoms with Crippen LogP contribution in [0.15, 0.2) is 35.0 Å². The summed E-state index contributed by atoms with van der Waals surface area (Å²) >= 11 is 0.